The molecule has 114 valence electrons. The first-order valence-corrected chi connectivity index (χ1v) is 7.16. The summed E-state index contributed by atoms with van der Waals surface area (Å²) in [5.41, 5.74) is 7.56. The van der Waals surface area contributed by atoms with E-state index in [0.29, 0.717) is 0 Å². The lowest BCUT2D eigenvalue weighted by Gasteiger charge is -2.46. The molecule has 0 radical (unpaired) electrons. The van der Waals surface area contributed by atoms with Crippen LogP contribution in [0.25, 0.3) is 0 Å². The number of hydrogen-bond donors (Lipinski definition) is 2. The maximum absolute atomic E-state index is 12.1. The second-order valence-corrected chi connectivity index (χ2v) is 6.28. The Hall–Kier alpha value is -1.72. The zero-order chi connectivity index (χ0) is 15.8. The SMILES string of the molecule is Cc1ccc(C(C(C)N)N2CC(=O)NC(=O)C2(C)C)cc1. The second-order valence-electron chi connectivity index (χ2n) is 6.28. The van der Waals surface area contributed by atoms with E-state index in [0.717, 1.165) is 11.1 Å². The van der Waals surface area contributed by atoms with E-state index in [1.54, 1.807) is 0 Å². The predicted molar refractivity (Wildman–Crippen MR) is 81.5 cm³/mol. The van der Waals surface area contributed by atoms with Crippen molar-refractivity contribution >= 4 is 11.8 Å². The minimum Gasteiger partial charge on any atom is -0.326 e. The Morgan fingerprint density at radius 3 is 2.33 bits per heavy atom. The molecule has 1 aromatic rings. The summed E-state index contributed by atoms with van der Waals surface area (Å²) in [4.78, 5) is 25.8. The highest BCUT2D eigenvalue weighted by molar-refractivity contribution is 6.03. The molecule has 1 heterocycles. The zero-order valence-corrected chi connectivity index (χ0v) is 13.0. The number of benzene rings is 1. The van der Waals surface area contributed by atoms with Crippen molar-refractivity contribution in [3.63, 3.8) is 0 Å². The molecule has 1 saturated heterocycles. The monoisotopic (exact) mass is 289 g/mol. The second kappa shape index (κ2) is 5.58. The number of aryl methyl sites for hydroxylation is 1. The maximum atomic E-state index is 12.1. The summed E-state index contributed by atoms with van der Waals surface area (Å²) >= 11 is 0. The molecule has 1 fully saturated rings. The fraction of sp³-hybridized carbons (Fsp3) is 0.500. The van der Waals surface area contributed by atoms with Crippen LogP contribution in [0.3, 0.4) is 0 Å². The van der Waals surface area contributed by atoms with Crippen molar-refractivity contribution in [3.8, 4) is 0 Å². The number of hydrogen-bond acceptors (Lipinski definition) is 4. The topological polar surface area (TPSA) is 75.4 Å². The molecule has 1 aliphatic heterocycles. The van der Waals surface area contributed by atoms with E-state index in [1.165, 1.54) is 0 Å². The van der Waals surface area contributed by atoms with Crippen molar-refractivity contribution in [3.05, 3.63) is 35.4 Å². The molecular formula is C16H23N3O2. The summed E-state index contributed by atoms with van der Waals surface area (Å²) < 4.78 is 0. The number of imide groups is 1. The quantitative estimate of drug-likeness (QED) is 0.818. The molecule has 2 rings (SSSR count). The number of nitrogens with one attached hydrogen (secondary N) is 1. The summed E-state index contributed by atoms with van der Waals surface area (Å²) in [5.74, 6) is -0.561. The molecule has 5 nitrogen and oxygen atoms in total. The molecule has 0 spiro atoms. The molecule has 1 aliphatic rings. The van der Waals surface area contributed by atoms with Gasteiger partial charge in [0, 0.05) is 6.04 Å². The van der Waals surface area contributed by atoms with Crippen LogP contribution in [-0.4, -0.2) is 34.8 Å². The van der Waals surface area contributed by atoms with Gasteiger partial charge < -0.3 is 5.73 Å². The lowest BCUT2D eigenvalue weighted by Crippen LogP contribution is -2.66. The Labute approximate surface area is 125 Å². The Kier molecular flexibility index (Phi) is 4.16. The lowest BCUT2D eigenvalue weighted by atomic mass is 9.90. The smallest absolute Gasteiger partial charge is 0.246 e. The fourth-order valence-corrected chi connectivity index (χ4v) is 2.78. The third kappa shape index (κ3) is 2.99. The van der Waals surface area contributed by atoms with Gasteiger partial charge in [0.25, 0.3) is 0 Å². The first-order chi connectivity index (χ1) is 9.73. The molecule has 3 N–H and O–H groups in total. The average molecular weight is 289 g/mol. The van der Waals surface area contributed by atoms with E-state index in [9.17, 15) is 9.59 Å². The molecule has 2 unspecified atom stereocenters. The Morgan fingerprint density at radius 1 is 1.24 bits per heavy atom. The zero-order valence-electron chi connectivity index (χ0n) is 13.0. The Balaban J connectivity index is 2.43. The summed E-state index contributed by atoms with van der Waals surface area (Å²) in [6, 6.07) is 7.67. The van der Waals surface area contributed by atoms with Crippen molar-refractivity contribution in [2.45, 2.75) is 45.3 Å². The van der Waals surface area contributed by atoms with Crippen LogP contribution in [0.15, 0.2) is 24.3 Å². The maximum Gasteiger partial charge on any atom is 0.246 e. The number of carbonyl (C=O) groups excluding carboxylic acids is 2. The number of carbonyl (C=O) groups is 2. The third-order valence-electron chi connectivity index (χ3n) is 4.09. The molecule has 0 saturated carbocycles. The van der Waals surface area contributed by atoms with Crippen LogP contribution in [0.2, 0.25) is 0 Å². The van der Waals surface area contributed by atoms with Gasteiger partial charge in [-0.3, -0.25) is 19.8 Å². The number of nitrogens with zero attached hydrogens (tertiary/aromatic N) is 1. The van der Waals surface area contributed by atoms with Crippen molar-refractivity contribution in [2.75, 3.05) is 6.54 Å². The van der Waals surface area contributed by atoms with Gasteiger partial charge in [0.2, 0.25) is 11.8 Å². The van der Waals surface area contributed by atoms with Crippen LogP contribution in [0.4, 0.5) is 0 Å². The lowest BCUT2D eigenvalue weighted by molar-refractivity contribution is -0.147. The van der Waals surface area contributed by atoms with E-state index in [4.69, 9.17) is 5.73 Å². The molecule has 0 aromatic heterocycles. The van der Waals surface area contributed by atoms with Gasteiger partial charge in [-0.05, 0) is 33.3 Å². The van der Waals surface area contributed by atoms with Crippen LogP contribution in [0.5, 0.6) is 0 Å². The van der Waals surface area contributed by atoms with Crippen LogP contribution in [0, 0.1) is 6.92 Å². The molecule has 2 atom stereocenters. The average Bonchev–Trinajstić information content (AvgIpc) is 2.38. The van der Waals surface area contributed by atoms with E-state index in [2.05, 4.69) is 5.32 Å². The predicted octanol–water partition coefficient (Wildman–Crippen LogP) is 1.12. The van der Waals surface area contributed by atoms with Crippen molar-refractivity contribution in [1.82, 2.24) is 10.2 Å². The van der Waals surface area contributed by atoms with Crippen molar-refractivity contribution in [2.24, 2.45) is 5.73 Å². The van der Waals surface area contributed by atoms with Crippen molar-refractivity contribution < 1.29 is 9.59 Å². The number of rotatable bonds is 3. The van der Waals surface area contributed by atoms with Crippen LogP contribution < -0.4 is 11.1 Å². The van der Waals surface area contributed by atoms with Crippen LogP contribution >= 0.6 is 0 Å². The minimum absolute atomic E-state index is 0.165. The fourth-order valence-electron chi connectivity index (χ4n) is 2.78. The number of nitrogens with two attached hydrogens (primary N) is 1. The van der Waals surface area contributed by atoms with Gasteiger partial charge in [0.15, 0.2) is 0 Å². The molecule has 5 heteroatoms. The van der Waals surface area contributed by atoms with Gasteiger partial charge in [-0.25, -0.2) is 0 Å². The third-order valence-corrected chi connectivity index (χ3v) is 4.09. The van der Waals surface area contributed by atoms with E-state index < -0.39 is 5.54 Å². The summed E-state index contributed by atoms with van der Waals surface area (Å²) in [6.07, 6.45) is 0. The number of piperazine rings is 1. The normalized spacial score (nSPS) is 21.8. The minimum atomic E-state index is -0.781. The largest absolute Gasteiger partial charge is 0.326 e. The molecule has 1 aromatic carbocycles. The van der Waals surface area contributed by atoms with Gasteiger partial charge in [-0.15, -0.1) is 0 Å². The summed E-state index contributed by atoms with van der Waals surface area (Å²) in [7, 11) is 0. The van der Waals surface area contributed by atoms with Crippen LogP contribution in [-0.2, 0) is 9.59 Å². The van der Waals surface area contributed by atoms with Crippen LogP contribution in [0.1, 0.15) is 37.9 Å². The number of amides is 2. The van der Waals surface area contributed by atoms with Gasteiger partial charge in [0.1, 0.15) is 0 Å². The summed E-state index contributed by atoms with van der Waals surface area (Å²) in [6.45, 7) is 7.72. The summed E-state index contributed by atoms with van der Waals surface area (Å²) in [5, 5.41) is 2.39. The highest BCUT2D eigenvalue weighted by Gasteiger charge is 2.45. The van der Waals surface area contributed by atoms with E-state index >= 15 is 0 Å². The van der Waals surface area contributed by atoms with Gasteiger partial charge >= 0.3 is 0 Å². The van der Waals surface area contributed by atoms with Gasteiger partial charge in [-0.1, -0.05) is 29.8 Å². The highest BCUT2D eigenvalue weighted by atomic mass is 16.2. The van der Waals surface area contributed by atoms with E-state index in [-0.39, 0.29) is 30.4 Å². The first kappa shape index (κ1) is 15.7. The first-order valence-electron chi connectivity index (χ1n) is 7.16. The standard InChI is InChI=1S/C16H23N3O2/c1-10-5-7-12(8-6-10)14(11(2)17)19-9-13(20)18-15(21)16(19,3)4/h5-8,11,14H,9,17H2,1-4H3,(H,18,20,21). The Bertz CT molecular complexity index is 549. The molecule has 2 amide bonds. The molecule has 0 bridgehead atoms. The highest BCUT2D eigenvalue weighted by Crippen LogP contribution is 2.32. The molecular weight excluding hydrogens is 266 g/mol. The van der Waals surface area contributed by atoms with E-state index in [1.807, 2.05) is 56.9 Å². The van der Waals surface area contributed by atoms with Gasteiger partial charge in [-0.2, -0.15) is 0 Å². The molecule has 21 heavy (non-hydrogen) atoms. The van der Waals surface area contributed by atoms with Crippen molar-refractivity contribution in [1.29, 1.82) is 0 Å². The Morgan fingerprint density at radius 2 is 1.81 bits per heavy atom. The molecule has 0 aliphatic carbocycles. The van der Waals surface area contributed by atoms with Gasteiger partial charge in [0.05, 0.1) is 18.1 Å².